The summed E-state index contributed by atoms with van der Waals surface area (Å²) >= 11 is 0. The second-order valence-corrected chi connectivity index (χ2v) is 10.4. The first-order valence-electron chi connectivity index (χ1n) is 10.6. The first-order valence-corrected chi connectivity index (χ1v) is 12.2. The van der Waals surface area contributed by atoms with Gasteiger partial charge in [-0.15, -0.1) is 0 Å². The summed E-state index contributed by atoms with van der Waals surface area (Å²) in [7, 11) is -3.18. The minimum Gasteiger partial charge on any atom is -0.336 e. The fourth-order valence-electron chi connectivity index (χ4n) is 4.51. The van der Waals surface area contributed by atoms with Gasteiger partial charge < -0.3 is 4.90 Å². The zero-order valence-electron chi connectivity index (χ0n) is 16.8. The third-order valence-electron chi connectivity index (χ3n) is 6.48. The van der Waals surface area contributed by atoms with Gasteiger partial charge in [-0.1, -0.05) is 19.4 Å². The van der Waals surface area contributed by atoms with Crippen LogP contribution in [0.4, 0.5) is 0 Å². The Morgan fingerprint density at radius 1 is 1.07 bits per heavy atom. The molecule has 0 unspecified atom stereocenters. The molecule has 3 aliphatic rings. The van der Waals surface area contributed by atoms with E-state index in [1.165, 1.54) is 19.3 Å². The van der Waals surface area contributed by atoms with Crippen molar-refractivity contribution in [1.82, 2.24) is 14.1 Å². The van der Waals surface area contributed by atoms with Gasteiger partial charge >= 0.3 is 0 Å². The average molecular weight is 406 g/mol. The van der Waals surface area contributed by atoms with Crippen LogP contribution in [0.1, 0.15) is 54.1 Å². The van der Waals surface area contributed by atoms with Crippen LogP contribution < -0.4 is 0 Å². The summed E-state index contributed by atoms with van der Waals surface area (Å²) in [5.41, 5.74) is 2.87. The van der Waals surface area contributed by atoms with Gasteiger partial charge in [0.15, 0.2) is 0 Å². The molecule has 0 spiro atoms. The fraction of sp³-hybridized carbons (Fsp3) is 0.667. The summed E-state index contributed by atoms with van der Waals surface area (Å²) in [6.45, 7) is 6.38. The van der Waals surface area contributed by atoms with E-state index in [0.717, 1.165) is 48.9 Å². The van der Waals surface area contributed by atoms with Crippen molar-refractivity contribution < 1.29 is 13.2 Å². The minimum absolute atomic E-state index is 0.108. The zero-order valence-corrected chi connectivity index (χ0v) is 17.6. The largest absolute Gasteiger partial charge is 0.336 e. The van der Waals surface area contributed by atoms with Crippen LogP contribution in [0.5, 0.6) is 0 Å². The molecule has 154 valence electrons. The summed E-state index contributed by atoms with van der Waals surface area (Å²) in [5.74, 6) is 0.309. The van der Waals surface area contributed by atoms with Crippen molar-refractivity contribution in [1.29, 1.82) is 0 Å². The third-order valence-corrected chi connectivity index (χ3v) is 8.50. The molecule has 0 radical (unpaired) electrons. The van der Waals surface area contributed by atoms with Gasteiger partial charge in [0, 0.05) is 50.9 Å². The number of piperazine rings is 1. The van der Waals surface area contributed by atoms with Crippen molar-refractivity contribution in [2.24, 2.45) is 0 Å². The number of carbonyl (C=O) groups excluding carboxylic acids is 1. The van der Waals surface area contributed by atoms with E-state index in [1.807, 2.05) is 30.0 Å². The monoisotopic (exact) mass is 405 g/mol. The van der Waals surface area contributed by atoms with Crippen LogP contribution >= 0.6 is 0 Å². The molecule has 6 nitrogen and oxygen atoms in total. The number of rotatable bonds is 5. The lowest BCUT2D eigenvalue weighted by molar-refractivity contribution is 0.0455. The maximum atomic E-state index is 13.0. The van der Waals surface area contributed by atoms with E-state index in [1.54, 1.807) is 4.31 Å². The molecule has 1 aliphatic carbocycles. The van der Waals surface area contributed by atoms with E-state index >= 15 is 0 Å². The Morgan fingerprint density at radius 3 is 2.46 bits per heavy atom. The van der Waals surface area contributed by atoms with Crippen molar-refractivity contribution in [3.63, 3.8) is 0 Å². The number of benzene rings is 1. The third kappa shape index (κ3) is 3.98. The Labute approximate surface area is 168 Å². The molecule has 0 bridgehead atoms. The van der Waals surface area contributed by atoms with E-state index in [2.05, 4.69) is 4.90 Å². The molecular formula is C21H31N3O3S. The summed E-state index contributed by atoms with van der Waals surface area (Å²) in [4.78, 5) is 17.5. The molecule has 1 amide bonds. The number of nitrogens with zero attached hydrogens (tertiary/aromatic N) is 3. The molecule has 0 N–H and O–H groups in total. The van der Waals surface area contributed by atoms with Crippen LogP contribution in [0.2, 0.25) is 0 Å². The van der Waals surface area contributed by atoms with Crippen LogP contribution in [-0.2, 0) is 23.0 Å². The number of sulfonamides is 1. The lowest BCUT2D eigenvalue weighted by Gasteiger charge is -2.43. The number of hydrogen-bond donors (Lipinski definition) is 0. The smallest absolute Gasteiger partial charge is 0.253 e. The lowest BCUT2D eigenvalue weighted by Crippen LogP contribution is -2.53. The van der Waals surface area contributed by atoms with Crippen molar-refractivity contribution in [2.75, 3.05) is 38.5 Å². The number of carbonyl (C=O) groups is 1. The Hall–Kier alpha value is -1.44. The number of amides is 1. The van der Waals surface area contributed by atoms with Gasteiger partial charge in [0.2, 0.25) is 10.0 Å². The van der Waals surface area contributed by atoms with E-state index in [4.69, 9.17) is 0 Å². The number of fused-ring (bicyclic) bond motifs is 1. The molecule has 7 heteroatoms. The molecule has 2 fully saturated rings. The Balaban J connectivity index is 1.40. The predicted molar refractivity (Wildman–Crippen MR) is 110 cm³/mol. The van der Waals surface area contributed by atoms with E-state index in [9.17, 15) is 13.2 Å². The lowest BCUT2D eigenvalue weighted by atomic mass is 9.91. The Bertz CT molecular complexity index is 827. The first-order chi connectivity index (χ1) is 13.5. The standard InChI is InChI=1S/C21H31N3O3S/c1-2-14-28(26,27)24-9-8-17-15-18(6-7-19(17)16-24)21(25)23-12-10-22(11-13-23)20-4-3-5-20/h6-7,15,20H,2-5,8-14,16H2,1H3. The van der Waals surface area contributed by atoms with Crippen LogP contribution in [0.25, 0.3) is 0 Å². The van der Waals surface area contributed by atoms with Crippen molar-refractivity contribution in [3.8, 4) is 0 Å². The minimum atomic E-state index is -3.18. The average Bonchev–Trinajstić information content (AvgIpc) is 2.66. The second-order valence-electron chi connectivity index (χ2n) is 8.30. The highest BCUT2D eigenvalue weighted by Gasteiger charge is 2.30. The fourth-order valence-corrected chi connectivity index (χ4v) is 5.99. The van der Waals surface area contributed by atoms with Crippen molar-refractivity contribution in [2.45, 2.75) is 51.6 Å². The summed E-state index contributed by atoms with van der Waals surface area (Å²) in [5, 5.41) is 0. The topological polar surface area (TPSA) is 60.9 Å². The Morgan fingerprint density at radius 2 is 1.82 bits per heavy atom. The molecule has 4 rings (SSSR count). The van der Waals surface area contributed by atoms with E-state index in [-0.39, 0.29) is 11.7 Å². The number of hydrogen-bond acceptors (Lipinski definition) is 4. The molecular weight excluding hydrogens is 374 g/mol. The first kappa shape index (κ1) is 19.9. The predicted octanol–water partition coefficient (Wildman–Crippen LogP) is 2.09. The van der Waals surface area contributed by atoms with Gasteiger partial charge in [-0.05, 0) is 48.9 Å². The normalized spacial score (nSPS) is 22.0. The van der Waals surface area contributed by atoms with Crippen LogP contribution in [-0.4, -0.2) is 72.9 Å². The maximum absolute atomic E-state index is 13.0. The molecule has 28 heavy (non-hydrogen) atoms. The van der Waals surface area contributed by atoms with Gasteiger partial charge in [-0.25, -0.2) is 8.42 Å². The molecule has 2 heterocycles. The van der Waals surface area contributed by atoms with Gasteiger partial charge in [-0.3, -0.25) is 9.69 Å². The SMILES string of the molecule is CCCS(=O)(=O)N1CCc2cc(C(=O)N3CCN(C4CCC4)CC3)ccc2C1. The molecule has 1 aromatic rings. The summed E-state index contributed by atoms with van der Waals surface area (Å²) < 4.78 is 26.3. The van der Waals surface area contributed by atoms with Crippen LogP contribution in [0, 0.1) is 0 Å². The Kier molecular flexibility index (Phi) is 5.76. The summed E-state index contributed by atoms with van der Waals surface area (Å²) in [6.07, 6.45) is 5.27. The highest BCUT2D eigenvalue weighted by atomic mass is 32.2. The van der Waals surface area contributed by atoms with Gasteiger partial charge in [0.1, 0.15) is 0 Å². The zero-order chi connectivity index (χ0) is 19.7. The van der Waals surface area contributed by atoms with Gasteiger partial charge in [-0.2, -0.15) is 4.31 Å². The highest BCUT2D eigenvalue weighted by Crippen LogP contribution is 2.27. The van der Waals surface area contributed by atoms with E-state index in [0.29, 0.717) is 25.9 Å². The van der Waals surface area contributed by atoms with Crippen molar-refractivity contribution >= 4 is 15.9 Å². The van der Waals surface area contributed by atoms with E-state index < -0.39 is 10.0 Å². The molecule has 2 aliphatic heterocycles. The summed E-state index contributed by atoms with van der Waals surface area (Å²) in [6, 6.07) is 6.55. The molecule has 1 saturated heterocycles. The quantitative estimate of drug-likeness (QED) is 0.753. The molecule has 0 atom stereocenters. The molecule has 1 saturated carbocycles. The van der Waals surface area contributed by atoms with Gasteiger partial charge in [0.25, 0.3) is 5.91 Å². The maximum Gasteiger partial charge on any atom is 0.253 e. The van der Waals surface area contributed by atoms with Crippen molar-refractivity contribution in [3.05, 3.63) is 34.9 Å². The molecule has 1 aromatic carbocycles. The van der Waals surface area contributed by atoms with Gasteiger partial charge in [0.05, 0.1) is 5.75 Å². The van der Waals surface area contributed by atoms with Crippen LogP contribution in [0.3, 0.4) is 0 Å². The highest BCUT2D eigenvalue weighted by molar-refractivity contribution is 7.89. The second kappa shape index (κ2) is 8.13. The van der Waals surface area contributed by atoms with Crippen LogP contribution in [0.15, 0.2) is 18.2 Å². The molecule has 0 aromatic heterocycles.